The molecule has 0 spiro atoms. The van der Waals surface area contributed by atoms with Crippen LogP contribution in [0.2, 0.25) is 0 Å². The van der Waals surface area contributed by atoms with Crippen molar-refractivity contribution in [3.63, 3.8) is 0 Å². The van der Waals surface area contributed by atoms with Crippen molar-refractivity contribution >= 4 is 16.8 Å². The van der Waals surface area contributed by atoms with Gasteiger partial charge in [-0.2, -0.15) is 5.10 Å². The molecule has 1 atom stereocenters. The van der Waals surface area contributed by atoms with Crippen molar-refractivity contribution in [2.45, 2.75) is 13.0 Å². The van der Waals surface area contributed by atoms with E-state index in [0.29, 0.717) is 11.5 Å². The topological polar surface area (TPSA) is 83.6 Å². The number of nitrogens with one attached hydrogen (secondary N) is 2. The van der Waals surface area contributed by atoms with Crippen molar-refractivity contribution in [1.29, 1.82) is 0 Å². The largest absolute Gasteiger partial charge is 0.341 e. The Morgan fingerprint density at radius 2 is 2.10 bits per heavy atom. The monoisotopic (exact) mass is 267 g/mol. The van der Waals surface area contributed by atoms with Gasteiger partial charge in [0.25, 0.3) is 5.91 Å². The first-order valence-corrected chi connectivity index (χ1v) is 6.26. The average Bonchev–Trinajstić information content (AvgIpc) is 3.01. The Morgan fingerprint density at radius 3 is 2.90 bits per heavy atom. The zero-order valence-electron chi connectivity index (χ0n) is 10.9. The zero-order chi connectivity index (χ0) is 13.9. The molecule has 0 bridgehead atoms. The molecule has 20 heavy (non-hydrogen) atoms. The number of aromatic amines is 1. The molecule has 100 valence electrons. The highest BCUT2D eigenvalue weighted by Gasteiger charge is 2.14. The van der Waals surface area contributed by atoms with E-state index in [-0.39, 0.29) is 11.9 Å². The van der Waals surface area contributed by atoms with Crippen LogP contribution in [0.1, 0.15) is 29.3 Å². The molecule has 0 fully saturated rings. The van der Waals surface area contributed by atoms with Gasteiger partial charge in [0.15, 0.2) is 0 Å². The van der Waals surface area contributed by atoms with Crippen molar-refractivity contribution in [2.24, 2.45) is 0 Å². The standard InChI is InChI=1S/C14H13N5O/c1-9(13-15-8-16-19-13)17-14(20)12-7-6-10-4-2-3-5-11(10)18-12/h2-9H,1H3,(H,17,20)(H,15,16,19). The molecule has 0 radical (unpaired) electrons. The summed E-state index contributed by atoms with van der Waals surface area (Å²) >= 11 is 0. The first-order chi connectivity index (χ1) is 9.74. The molecule has 0 aliphatic heterocycles. The highest BCUT2D eigenvalue weighted by atomic mass is 16.1. The molecule has 2 N–H and O–H groups in total. The summed E-state index contributed by atoms with van der Waals surface area (Å²) in [7, 11) is 0. The number of benzene rings is 1. The van der Waals surface area contributed by atoms with Crippen LogP contribution in [-0.2, 0) is 0 Å². The molecular formula is C14H13N5O. The average molecular weight is 267 g/mol. The van der Waals surface area contributed by atoms with Crippen molar-refractivity contribution in [2.75, 3.05) is 0 Å². The van der Waals surface area contributed by atoms with E-state index in [2.05, 4.69) is 25.5 Å². The number of carbonyl (C=O) groups is 1. The fourth-order valence-electron chi connectivity index (χ4n) is 1.96. The van der Waals surface area contributed by atoms with Crippen molar-refractivity contribution in [3.8, 4) is 0 Å². The molecule has 3 rings (SSSR count). The lowest BCUT2D eigenvalue weighted by molar-refractivity contribution is 0.0933. The van der Waals surface area contributed by atoms with Gasteiger partial charge in [-0.15, -0.1) is 0 Å². The van der Waals surface area contributed by atoms with E-state index in [4.69, 9.17) is 0 Å². The number of pyridine rings is 1. The van der Waals surface area contributed by atoms with E-state index < -0.39 is 0 Å². The highest BCUT2D eigenvalue weighted by molar-refractivity contribution is 5.95. The predicted molar refractivity (Wildman–Crippen MR) is 74.0 cm³/mol. The molecule has 3 aromatic rings. The summed E-state index contributed by atoms with van der Waals surface area (Å²) in [5.41, 5.74) is 1.18. The van der Waals surface area contributed by atoms with Gasteiger partial charge >= 0.3 is 0 Å². The van der Waals surface area contributed by atoms with Crippen LogP contribution < -0.4 is 5.32 Å². The lowest BCUT2D eigenvalue weighted by Gasteiger charge is -2.10. The summed E-state index contributed by atoms with van der Waals surface area (Å²) in [6.07, 6.45) is 1.41. The first kappa shape index (κ1) is 12.3. The number of carbonyl (C=O) groups excluding carboxylic acids is 1. The number of H-pyrrole nitrogens is 1. The molecule has 0 saturated heterocycles. The number of fused-ring (bicyclic) bond motifs is 1. The van der Waals surface area contributed by atoms with Gasteiger partial charge in [-0.1, -0.05) is 24.3 Å². The normalized spacial score (nSPS) is 12.2. The summed E-state index contributed by atoms with van der Waals surface area (Å²) in [4.78, 5) is 20.5. The minimum Gasteiger partial charge on any atom is -0.341 e. The van der Waals surface area contributed by atoms with Gasteiger partial charge in [0, 0.05) is 5.39 Å². The van der Waals surface area contributed by atoms with Gasteiger partial charge in [0.1, 0.15) is 17.8 Å². The number of hydrogen-bond acceptors (Lipinski definition) is 4. The Labute approximate surface area is 115 Å². The zero-order valence-corrected chi connectivity index (χ0v) is 10.9. The van der Waals surface area contributed by atoms with Crippen LogP contribution in [0.5, 0.6) is 0 Å². The number of rotatable bonds is 3. The molecular weight excluding hydrogens is 254 g/mol. The molecule has 0 aliphatic carbocycles. The summed E-state index contributed by atoms with van der Waals surface area (Å²) < 4.78 is 0. The summed E-state index contributed by atoms with van der Waals surface area (Å²) in [6.45, 7) is 1.83. The molecule has 2 heterocycles. The molecule has 1 aromatic carbocycles. The Balaban J connectivity index is 1.82. The van der Waals surface area contributed by atoms with Crippen LogP contribution in [-0.4, -0.2) is 26.1 Å². The quantitative estimate of drug-likeness (QED) is 0.758. The third-order valence-corrected chi connectivity index (χ3v) is 3.02. The van der Waals surface area contributed by atoms with Crippen LogP contribution in [0, 0.1) is 0 Å². The SMILES string of the molecule is CC(NC(=O)c1ccc2ccccc2n1)c1ncn[nH]1. The number of aromatic nitrogens is 4. The van der Waals surface area contributed by atoms with Gasteiger partial charge < -0.3 is 5.32 Å². The summed E-state index contributed by atoms with van der Waals surface area (Å²) in [5, 5.41) is 10.3. The van der Waals surface area contributed by atoms with Crippen LogP contribution in [0.3, 0.4) is 0 Å². The molecule has 6 heteroatoms. The lowest BCUT2D eigenvalue weighted by Crippen LogP contribution is -2.28. The van der Waals surface area contributed by atoms with Crippen LogP contribution in [0.4, 0.5) is 0 Å². The van der Waals surface area contributed by atoms with Crippen LogP contribution >= 0.6 is 0 Å². The Bertz CT molecular complexity index is 738. The maximum absolute atomic E-state index is 12.2. The van der Waals surface area contributed by atoms with E-state index in [9.17, 15) is 4.79 Å². The van der Waals surface area contributed by atoms with E-state index in [0.717, 1.165) is 10.9 Å². The van der Waals surface area contributed by atoms with Crippen LogP contribution in [0.15, 0.2) is 42.7 Å². The molecule has 1 amide bonds. The fraction of sp³-hybridized carbons (Fsp3) is 0.143. The number of para-hydroxylation sites is 1. The minimum absolute atomic E-state index is 0.236. The number of nitrogens with zero attached hydrogens (tertiary/aromatic N) is 3. The third kappa shape index (κ3) is 2.35. The maximum Gasteiger partial charge on any atom is 0.270 e. The number of hydrogen-bond donors (Lipinski definition) is 2. The third-order valence-electron chi connectivity index (χ3n) is 3.02. The second-order valence-corrected chi connectivity index (χ2v) is 4.46. The molecule has 2 aromatic heterocycles. The van der Waals surface area contributed by atoms with Gasteiger partial charge in [-0.3, -0.25) is 9.89 Å². The van der Waals surface area contributed by atoms with Gasteiger partial charge in [-0.05, 0) is 19.1 Å². The smallest absolute Gasteiger partial charge is 0.270 e. The Morgan fingerprint density at radius 1 is 1.25 bits per heavy atom. The molecule has 0 aliphatic rings. The summed E-state index contributed by atoms with van der Waals surface area (Å²) in [5.74, 6) is 0.374. The number of amides is 1. The Hall–Kier alpha value is -2.76. The van der Waals surface area contributed by atoms with Gasteiger partial charge in [0.2, 0.25) is 0 Å². The lowest BCUT2D eigenvalue weighted by atomic mass is 10.2. The predicted octanol–water partition coefficient (Wildman–Crippen LogP) is 1.84. The second kappa shape index (κ2) is 5.08. The minimum atomic E-state index is -0.252. The second-order valence-electron chi connectivity index (χ2n) is 4.46. The molecule has 1 unspecified atom stereocenters. The highest BCUT2D eigenvalue weighted by Crippen LogP contribution is 2.12. The van der Waals surface area contributed by atoms with Gasteiger partial charge in [0.05, 0.1) is 11.6 Å². The fourth-order valence-corrected chi connectivity index (χ4v) is 1.96. The van der Waals surface area contributed by atoms with Crippen LogP contribution in [0.25, 0.3) is 10.9 Å². The maximum atomic E-state index is 12.2. The van der Waals surface area contributed by atoms with Crippen molar-refractivity contribution in [1.82, 2.24) is 25.5 Å². The van der Waals surface area contributed by atoms with E-state index in [1.54, 1.807) is 6.07 Å². The van der Waals surface area contributed by atoms with E-state index in [1.807, 2.05) is 37.3 Å². The van der Waals surface area contributed by atoms with Gasteiger partial charge in [-0.25, -0.2) is 9.97 Å². The Kier molecular flexibility index (Phi) is 3.12. The van der Waals surface area contributed by atoms with E-state index >= 15 is 0 Å². The molecule has 0 saturated carbocycles. The van der Waals surface area contributed by atoms with Crippen molar-refractivity contribution < 1.29 is 4.79 Å². The molecule has 6 nitrogen and oxygen atoms in total. The first-order valence-electron chi connectivity index (χ1n) is 6.26. The van der Waals surface area contributed by atoms with E-state index in [1.165, 1.54) is 6.33 Å². The van der Waals surface area contributed by atoms with Crippen molar-refractivity contribution in [3.05, 3.63) is 54.2 Å². The summed E-state index contributed by atoms with van der Waals surface area (Å²) in [6, 6.07) is 11.0.